The van der Waals surface area contributed by atoms with Gasteiger partial charge in [-0.15, -0.1) is 11.3 Å². The summed E-state index contributed by atoms with van der Waals surface area (Å²) < 4.78 is 23.2. The molecule has 0 saturated carbocycles. The largest absolute Gasteiger partial charge is 0.332 e. The molecule has 0 spiro atoms. The Morgan fingerprint density at radius 1 is 1.44 bits per heavy atom. The monoisotopic (exact) mass is 286 g/mol. The van der Waals surface area contributed by atoms with E-state index in [1.165, 1.54) is 4.88 Å². The molecule has 0 radical (unpaired) electrons. The molecular formula is C11H14N2O3S2. The van der Waals surface area contributed by atoms with Crippen molar-refractivity contribution in [1.29, 1.82) is 0 Å². The summed E-state index contributed by atoms with van der Waals surface area (Å²) in [6, 6.07) is 3.21. The number of nitrogens with one attached hydrogen (secondary N) is 1. The Bertz CT molecular complexity index is 593. The van der Waals surface area contributed by atoms with Crippen LogP contribution in [0.25, 0.3) is 0 Å². The number of hydrogen-bond donors (Lipinski definition) is 1. The number of hydrogen-bond acceptors (Lipinski definition) is 4. The Balaban J connectivity index is 1.94. The van der Waals surface area contributed by atoms with Crippen LogP contribution in [0, 0.1) is 0 Å². The number of thiophene rings is 1. The summed E-state index contributed by atoms with van der Waals surface area (Å²) >= 11 is 1.55. The van der Waals surface area contributed by atoms with E-state index in [0.717, 1.165) is 11.4 Å². The average molecular weight is 286 g/mol. The molecular weight excluding hydrogens is 272 g/mol. The van der Waals surface area contributed by atoms with Gasteiger partial charge in [0, 0.05) is 4.88 Å². The summed E-state index contributed by atoms with van der Waals surface area (Å²) in [4.78, 5) is 14.7. The third kappa shape index (κ3) is 1.81. The van der Waals surface area contributed by atoms with Crippen LogP contribution in [-0.4, -0.2) is 38.0 Å². The van der Waals surface area contributed by atoms with Crippen molar-refractivity contribution in [2.75, 3.05) is 16.4 Å². The second-order valence-corrected chi connectivity index (χ2v) is 7.96. The molecule has 2 amide bonds. The molecule has 18 heavy (non-hydrogen) atoms. The second kappa shape index (κ2) is 3.96. The molecule has 7 heteroatoms. The molecule has 3 heterocycles. The fourth-order valence-corrected chi connectivity index (χ4v) is 5.44. The minimum absolute atomic E-state index is 0.0614. The number of carbonyl (C=O) groups is 1. The molecule has 0 aliphatic carbocycles. The van der Waals surface area contributed by atoms with Crippen molar-refractivity contribution in [3.8, 4) is 0 Å². The van der Waals surface area contributed by atoms with Gasteiger partial charge in [0.25, 0.3) is 0 Å². The number of aryl methyl sites for hydroxylation is 1. The summed E-state index contributed by atoms with van der Waals surface area (Å²) in [7, 11) is -3.02. The number of fused-ring (bicyclic) bond motifs is 1. The zero-order valence-electron chi connectivity index (χ0n) is 9.92. The number of urea groups is 1. The summed E-state index contributed by atoms with van der Waals surface area (Å²) in [5.41, 5.74) is 0. The normalized spacial score (nSPS) is 29.4. The summed E-state index contributed by atoms with van der Waals surface area (Å²) in [6.45, 7) is 2.06. The van der Waals surface area contributed by atoms with Gasteiger partial charge in [-0.3, -0.25) is 4.90 Å². The molecule has 2 aliphatic heterocycles. The molecule has 0 bridgehead atoms. The minimum atomic E-state index is -3.02. The first-order valence-electron chi connectivity index (χ1n) is 5.89. The lowest BCUT2D eigenvalue weighted by atomic mass is 10.2. The molecule has 1 N–H and O–H groups in total. The molecule has 2 aliphatic rings. The Morgan fingerprint density at radius 2 is 2.22 bits per heavy atom. The lowest BCUT2D eigenvalue weighted by molar-refractivity contribution is 0.251. The van der Waals surface area contributed by atoms with Gasteiger partial charge in [-0.2, -0.15) is 0 Å². The van der Waals surface area contributed by atoms with Gasteiger partial charge in [-0.25, -0.2) is 13.2 Å². The van der Waals surface area contributed by atoms with E-state index in [1.807, 2.05) is 12.1 Å². The van der Waals surface area contributed by atoms with Crippen molar-refractivity contribution in [1.82, 2.24) is 5.32 Å². The second-order valence-electron chi connectivity index (χ2n) is 4.66. The smallest absolute Gasteiger partial charge is 0.323 e. The molecule has 1 aromatic rings. The maximum absolute atomic E-state index is 11.9. The minimum Gasteiger partial charge on any atom is -0.332 e. The fraction of sp³-hybridized carbons (Fsp3) is 0.545. The van der Waals surface area contributed by atoms with Gasteiger partial charge >= 0.3 is 6.03 Å². The van der Waals surface area contributed by atoms with Crippen LogP contribution in [0.4, 0.5) is 9.80 Å². The van der Waals surface area contributed by atoms with Gasteiger partial charge < -0.3 is 5.32 Å². The van der Waals surface area contributed by atoms with Crippen LogP contribution in [0.5, 0.6) is 0 Å². The Kier molecular flexibility index (Phi) is 2.63. The molecule has 2 atom stereocenters. The van der Waals surface area contributed by atoms with Gasteiger partial charge in [-0.05, 0) is 18.6 Å². The first kappa shape index (κ1) is 12.0. The number of rotatable bonds is 2. The van der Waals surface area contributed by atoms with Crippen LogP contribution < -0.4 is 10.2 Å². The topological polar surface area (TPSA) is 66.5 Å². The van der Waals surface area contributed by atoms with Crippen molar-refractivity contribution in [3.05, 3.63) is 17.0 Å². The first-order chi connectivity index (χ1) is 8.50. The van der Waals surface area contributed by atoms with Crippen molar-refractivity contribution < 1.29 is 13.2 Å². The van der Waals surface area contributed by atoms with Crippen molar-refractivity contribution >= 4 is 32.2 Å². The van der Waals surface area contributed by atoms with E-state index in [0.29, 0.717) is 0 Å². The van der Waals surface area contributed by atoms with Crippen molar-refractivity contribution in [2.24, 2.45) is 0 Å². The van der Waals surface area contributed by atoms with Crippen LogP contribution >= 0.6 is 11.3 Å². The Hall–Kier alpha value is -1.08. The Labute approximate surface area is 110 Å². The van der Waals surface area contributed by atoms with Crippen LogP contribution in [0.1, 0.15) is 11.8 Å². The highest BCUT2D eigenvalue weighted by molar-refractivity contribution is 7.91. The van der Waals surface area contributed by atoms with E-state index in [2.05, 4.69) is 12.2 Å². The Morgan fingerprint density at radius 3 is 2.89 bits per heavy atom. The number of anilines is 1. The maximum Gasteiger partial charge on any atom is 0.323 e. The molecule has 0 aromatic carbocycles. The highest BCUT2D eigenvalue weighted by Crippen LogP contribution is 2.34. The maximum atomic E-state index is 11.9. The number of sulfone groups is 1. The predicted octanol–water partition coefficient (Wildman–Crippen LogP) is 1.01. The quantitative estimate of drug-likeness (QED) is 0.825. The lowest BCUT2D eigenvalue weighted by Crippen LogP contribution is -2.36. The fourth-order valence-electron chi connectivity index (χ4n) is 2.55. The van der Waals surface area contributed by atoms with Gasteiger partial charge in [0.1, 0.15) is 0 Å². The van der Waals surface area contributed by atoms with Gasteiger partial charge in [0.2, 0.25) is 0 Å². The van der Waals surface area contributed by atoms with E-state index in [-0.39, 0.29) is 29.6 Å². The molecule has 5 nitrogen and oxygen atoms in total. The summed E-state index contributed by atoms with van der Waals surface area (Å²) in [5.74, 6) is 0.127. The highest BCUT2D eigenvalue weighted by Gasteiger charge is 2.49. The number of nitrogens with zero attached hydrogens (tertiary/aromatic N) is 1. The van der Waals surface area contributed by atoms with Gasteiger partial charge in [0.05, 0.1) is 28.6 Å². The van der Waals surface area contributed by atoms with E-state index in [9.17, 15) is 13.2 Å². The van der Waals surface area contributed by atoms with E-state index >= 15 is 0 Å². The third-order valence-corrected chi connectivity index (χ3v) is 6.36. The molecule has 2 fully saturated rings. The van der Waals surface area contributed by atoms with Gasteiger partial charge in [0.15, 0.2) is 9.84 Å². The molecule has 98 valence electrons. The number of amides is 2. The average Bonchev–Trinajstić information content (AvgIpc) is 2.90. The third-order valence-electron chi connectivity index (χ3n) is 3.42. The highest BCUT2D eigenvalue weighted by atomic mass is 32.2. The molecule has 3 rings (SSSR count). The van der Waals surface area contributed by atoms with Crippen LogP contribution in [0.15, 0.2) is 12.1 Å². The van der Waals surface area contributed by atoms with Gasteiger partial charge in [-0.1, -0.05) is 6.92 Å². The molecule has 2 saturated heterocycles. The molecule has 1 aromatic heterocycles. The van der Waals surface area contributed by atoms with Crippen LogP contribution in [-0.2, 0) is 16.3 Å². The molecule has 0 unspecified atom stereocenters. The predicted molar refractivity (Wildman–Crippen MR) is 70.9 cm³/mol. The summed E-state index contributed by atoms with van der Waals surface area (Å²) in [6.07, 6.45) is 0.923. The van der Waals surface area contributed by atoms with Crippen LogP contribution in [0.3, 0.4) is 0 Å². The number of carbonyl (C=O) groups excluding carboxylic acids is 1. The summed E-state index contributed by atoms with van der Waals surface area (Å²) in [5, 5.41) is 3.60. The first-order valence-corrected chi connectivity index (χ1v) is 8.53. The zero-order chi connectivity index (χ0) is 12.9. The SMILES string of the molecule is CCc1ccc(N2C(=O)N[C@@H]3CS(=O)(=O)C[C@H]32)s1. The van der Waals surface area contributed by atoms with E-state index in [1.54, 1.807) is 16.2 Å². The van der Waals surface area contributed by atoms with E-state index in [4.69, 9.17) is 0 Å². The van der Waals surface area contributed by atoms with Crippen LogP contribution in [0.2, 0.25) is 0 Å². The zero-order valence-corrected chi connectivity index (χ0v) is 11.6. The standard InChI is InChI=1S/C11H14N2O3S2/c1-2-7-3-4-10(17-7)13-9-6-18(15,16)5-8(9)12-11(13)14/h3-4,8-9H,2,5-6H2,1H3,(H,12,14)/t8-,9-/m1/s1. The van der Waals surface area contributed by atoms with Crippen molar-refractivity contribution in [3.63, 3.8) is 0 Å². The van der Waals surface area contributed by atoms with E-state index < -0.39 is 9.84 Å². The van der Waals surface area contributed by atoms with Crippen molar-refractivity contribution in [2.45, 2.75) is 25.4 Å². The lowest BCUT2D eigenvalue weighted by Gasteiger charge is -2.18.